The van der Waals surface area contributed by atoms with Crippen molar-refractivity contribution in [2.24, 2.45) is 10.1 Å². The minimum absolute atomic E-state index is 0.0311. The highest BCUT2D eigenvalue weighted by atomic mass is 32.2. The third kappa shape index (κ3) is 5.33. The number of hydrogen-bond donors (Lipinski definition) is 1. The molecule has 194 valence electrons. The van der Waals surface area contributed by atoms with E-state index in [4.69, 9.17) is 9.84 Å². The van der Waals surface area contributed by atoms with Gasteiger partial charge in [0.05, 0.1) is 18.9 Å². The molecule has 2 aliphatic heterocycles. The summed E-state index contributed by atoms with van der Waals surface area (Å²) in [5.41, 5.74) is 4.96. The molecule has 0 aromatic heterocycles. The Morgan fingerprint density at radius 1 is 1.11 bits per heavy atom. The molecule has 0 bridgehead atoms. The van der Waals surface area contributed by atoms with Crippen molar-refractivity contribution < 1.29 is 18.7 Å². The predicted molar refractivity (Wildman–Crippen MR) is 148 cm³/mol. The van der Waals surface area contributed by atoms with Gasteiger partial charge in [0.15, 0.2) is 5.17 Å². The van der Waals surface area contributed by atoms with Crippen molar-refractivity contribution >= 4 is 40.1 Å². The second-order valence-corrected chi connectivity index (χ2v) is 10.4. The van der Waals surface area contributed by atoms with Crippen LogP contribution in [0.5, 0.6) is 5.75 Å². The number of rotatable bonds is 6. The number of thioether (sulfide) groups is 1. The summed E-state index contributed by atoms with van der Waals surface area (Å²) in [7, 11) is 1.60. The van der Waals surface area contributed by atoms with Gasteiger partial charge in [-0.15, -0.1) is 0 Å². The Morgan fingerprint density at radius 3 is 2.58 bits per heavy atom. The Kier molecular flexibility index (Phi) is 7.28. The number of anilines is 1. The second kappa shape index (κ2) is 10.8. The van der Waals surface area contributed by atoms with Crippen molar-refractivity contribution in [3.8, 4) is 5.75 Å². The predicted octanol–water partition coefficient (Wildman–Crippen LogP) is 5.63. The number of carbonyl (C=O) groups excluding carboxylic acids is 2. The van der Waals surface area contributed by atoms with Gasteiger partial charge in [-0.25, -0.2) is 9.40 Å². The van der Waals surface area contributed by atoms with Crippen LogP contribution in [-0.2, 0) is 9.59 Å². The van der Waals surface area contributed by atoms with E-state index in [1.165, 1.54) is 17.8 Å². The number of nitrogens with zero attached hydrogens (tertiary/aromatic N) is 3. The molecule has 2 heterocycles. The number of hydrazone groups is 1. The highest BCUT2D eigenvalue weighted by Crippen LogP contribution is 2.39. The average molecular weight is 531 g/mol. The summed E-state index contributed by atoms with van der Waals surface area (Å²) in [4.78, 5) is 29.8. The van der Waals surface area contributed by atoms with E-state index in [9.17, 15) is 14.0 Å². The van der Waals surface area contributed by atoms with Gasteiger partial charge in [-0.2, -0.15) is 10.1 Å². The minimum atomic E-state index is -0.682. The van der Waals surface area contributed by atoms with Gasteiger partial charge in [0.1, 0.15) is 16.8 Å². The molecule has 0 spiro atoms. The largest absolute Gasteiger partial charge is 0.497 e. The number of benzene rings is 3. The number of hydrogen-bond acceptors (Lipinski definition) is 6. The molecule has 3 aromatic carbocycles. The van der Waals surface area contributed by atoms with Crippen LogP contribution in [0.1, 0.15) is 41.1 Å². The van der Waals surface area contributed by atoms with E-state index in [0.717, 1.165) is 28.2 Å². The van der Waals surface area contributed by atoms with Gasteiger partial charge < -0.3 is 10.1 Å². The molecule has 9 heteroatoms. The molecule has 0 saturated heterocycles. The van der Waals surface area contributed by atoms with Crippen LogP contribution in [0.4, 0.5) is 10.1 Å². The van der Waals surface area contributed by atoms with Crippen LogP contribution >= 0.6 is 11.8 Å². The summed E-state index contributed by atoms with van der Waals surface area (Å²) in [6.45, 7) is 3.98. The topological polar surface area (TPSA) is 83.4 Å². The first-order valence-corrected chi connectivity index (χ1v) is 13.1. The van der Waals surface area contributed by atoms with Crippen LogP contribution < -0.4 is 10.1 Å². The third-order valence-electron chi connectivity index (χ3n) is 6.68. The van der Waals surface area contributed by atoms with Gasteiger partial charge in [-0.05, 0) is 73.0 Å². The maximum absolute atomic E-state index is 14.9. The Labute approximate surface area is 224 Å². The minimum Gasteiger partial charge on any atom is -0.497 e. The second-order valence-electron chi connectivity index (χ2n) is 9.25. The van der Waals surface area contributed by atoms with Crippen LogP contribution in [-0.4, -0.2) is 40.1 Å². The molecule has 2 atom stereocenters. The summed E-state index contributed by atoms with van der Waals surface area (Å²) >= 11 is 1.18. The van der Waals surface area contributed by atoms with Gasteiger partial charge in [0.2, 0.25) is 5.91 Å². The molecule has 38 heavy (non-hydrogen) atoms. The molecule has 7 nitrogen and oxygen atoms in total. The molecule has 2 aliphatic rings. The lowest BCUT2D eigenvalue weighted by atomic mass is 9.98. The summed E-state index contributed by atoms with van der Waals surface area (Å²) in [6, 6.07) is 19.2. The molecule has 1 N–H and O–H groups in total. The van der Waals surface area contributed by atoms with Crippen molar-refractivity contribution in [2.75, 3.05) is 12.4 Å². The normalized spacial score (nSPS) is 18.8. The van der Waals surface area contributed by atoms with E-state index in [2.05, 4.69) is 10.3 Å². The Bertz CT molecular complexity index is 1450. The van der Waals surface area contributed by atoms with Gasteiger partial charge in [-0.3, -0.25) is 9.59 Å². The van der Waals surface area contributed by atoms with Gasteiger partial charge in [0, 0.05) is 24.1 Å². The first-order valence-electron chi connectivity index (χ1n) is 12.2. The lowest BCUT2D eigenvalue weighted by Gasteiger charge is -2.23. The number of nitrogens with one attached hydrogen (secondary N) is 1. The quantitative estimate of drug-likeness (QED) is 0.447. The number of amidine groups is 1. The van der Waals surface area contributed by atoms with Crippen LogP contribution in [0.3, 0.4) is 0 Å². The zero-order valence-electron chi connectivity index (χ0n) is 21.3. The average Bonchev–Trinajstić information content (AvgIpc) is 3.50. The molecule has 0 radical (unpaired) electrons. The molecule has 0 saturated carbocycles. The van der Waals surface area contributed by atoms with Gasteiger partial charge in [-0.1, -0.05) is 36.0 Å². The first kappa shape index (κ1) is 25.7. The molecular weight excluding hydrogens is 503 g/mol. The lowest BCUT2D eigenvalue weighted by molar-refractivity contribution is -0.121. The fraction of sp³-hybridized carbons (Fsp3) is 0.241. The zero-order valence-corrected chi connectivity index (χ0v) is 22.1. The fourth-order valence-electron chi connectivity index (χ4n) is 4.44. The SMILES string of the molecule is COc1ccc(C2=NN(C3=NC(=O)C(CC(=O)Nc4ccc(C)c(C)c4)S3)C(c3ccccc3F)C2)cc1. The third-order valence-corrected chi connectivity index (χ3v) is 7.83. The van der Waals surface area contributed by atoms with Crippen LogP contribution in [0, 0.1) is 19.7 Å². The van der Waals surface area contributed by atoms with E-state index in [1.807, 2.05) is 56.3 Å². The summed E-state index contributed by atoms with van der Waals surface area (Å²) in [6.07, 6.45) is 0.398. The molecule has 2 unspecified atom stereocenters. The van der Waals surface area contributed by atoms with E-state index in [0.29, 0.717) is 22.8 Å². The summed E-state index contributed by atoms with van der Waals surface area (Å²) in [5, 5.41) is 8.92. The molecule has 5 rings (SSSR count). The summed E-state index contributed by atoms with van der Waals surface area (Å²) in [5.74, 6) is -0.309. The Morgan fingerprint density at radius 2 is 1.87 bits per heavy atom. The van der Waals surface area contributed by atoms with Crippen LogP contribution in [0.15, 0.2) is 76.8 Å². The van der Waals surface area contributed by atoms with E-state index in [-0.39, 0.29) is 18.1 Å². The lowest BCUT2D eigenvalue weighted by Crippen LogP contribution is -2.25. The molecule has 0 fully saturated rings. The first-order chi connectivity index (χ1) is 18.3. The molecule has 0 aliphatic carbocycles. The number of ether oxygens (including phenoxy) is 1. The van der Waals surface area contributed by atoms with Crippen molar-refractivity contribution in [1.29, 1.82) is 0 Å². The standard InChI is InChI=1S/C29H27FN4O3S/c1-17-8-11-20(14-18(17)2)31-27(35)16-26-28(36)32-29(38-26)34-25(22-6-4-5-7-23(22)30)15-24(33-34)19-9-12-21(37-3)13-10-19/h4-14,25-26H,15-16H2,1-3H3,(H,31,35). The monoisotopic (exact) mass is 530 g/mol. The van der Waals surface area contributed by atoms with Crippen molar-refractivity contribution in [1.82, 2.24) is 5.01 Å². The molecular formula is C29H27FN4O3S. The smallest absolute Gasteiger partial charge is 0.262 e. The van der Waals surface area contributed by atoms with Crippen molar-refractivity contribution in [3.05, 3.63) is 94.8 Å². The number of amides is 2. The highest BCUT2D eigenvalue weighted by molar-refractivity contribution is 8.15. The van der Waals surface area contributed by atoms with Gasteiger partial charge >= 0.3 is 0 Å². The molecule has 2 amide bonds. The van der Waals surface area contributed by atoms with Crippen LogP contribution in [0.25, 0.3) is 0 Å². The van der Waals surface area contributed by atoms with E-state index < -0.39 is 17.2 Å². The maximum atomic E-state index is 14.9. The number of carbonyl (C=O) groups is 2. The maximum Gasteiger partial charge on any atom is 0.262 e. The highest BCUT2D eigenvalue weighted by Gasteiger charge is 2.39. The van der Waals surface area contributed by atoms with E-state index in [1.54, 1.807) is 30.3 Å². The Balaban J connectivity index is 1.35. The number of aliphatic imine (C=N–C) groups is 1. The van der Waals surface area contributed by atoms with Crippen molar-refractivity contribution in [2.45, 2.75) is 38.0 Å². The fourth-order valence-corrected chi connectivity index (χ4v) is 5.50. The van der Waals surface area contributed by atoms with Crippen molar-refractivity contribution in [3.63, 3.8) is 0 Å². The Hall–Kier alpha value is -3.98. The zero-order chi connectivity index (χ0) is 26.8. The summed E-state index contributed by atoms with van der Waals surface area (Å²) < 4.78 is 20.1. The number of halogens is 1. The number of aryl methyl sites for hydroxylation is 2. The van der Waals surface area contributed by atoms with Crippen LogP contribution in [0.2, 0.25) is 0 Å². The van der Waals surface area contributed by atoms with E-state index >= 15 is 0 Å². The van der Waals surface area contributed by atoms with Gasteiger partial charge in [0.25, 0.3) is 5.91 Å². The number of methoxy groups -OCH3 is 1. The molecule has 3 aromatic rings.